The number of rotatable bonds is 5. The first-order chi connectivity index (χ1) is 17.6. The Bertz CT molecular complexity index is 1520. The van der Waals surface area contributed by atoms with Gasteiger partial charge in [0.2, 0.25) is 0 Å². The number of fused-ring (bicyclic) bond motifs is 1. The molecule has 1 aromatic heterocycles. The number of halogens is 2. The van der Waals surface area contributed by atoms with Gasteiger partial charge in [-0.3, -0.25) is 14.4 Å². The highest BCUT2D eigenvalue weighted by Gasteiger charge is 2.54. The Morgan fingerprint density at radius 3 is 2.26 bits per heavy atom. The molecule has 1 unspecified atom stereocenters. The van der Waals surface area contributed by atoms with E-state index in [9.17, 15) is 19.2 Å². The van der Waals surface area contributed by atoms with Crippen molar-refractivity contribution >= 4 is 63.5 Å². The number of para-hydroxylation sites is 1. The van der Waals surface area contributed by atoms with Crippen molar-refractivity contribution in [3.8, 4) is 0 Å². The SMILES string of the molecule is Cc1cc(NC(=O)C(C(=O)c2c(C(C)(C)C)n(C)c3ccccc23)N2C(=O)OC(C)(C)C2=O)c(Cl)cc1Cl. The number of hydrogen-bond donors (Lipinski definition) is 1. The van der Waals surface area contributed by atoms with Crippen LogP contribution in [0, 0.1) is 6.92 Å². The summed E-state index contributed by atoms with van der Waals surface area (Å²) in [7, 11) is 1.84. The van der Waals surface area contributed by atoms with Crippen molar-refractivity contribution in [2.45, 2.75) is 58.6 Å². The van der Waals surface area contributed by atoms with Crippen LogP contribution in [0.1, 0.15) is 56.2 Å². The van der Waals surface area contributed by atoms with Crippen molar-refractivity contribution in [3.05, 3.63) is 63.3 Å². The van der Waals surface area contributed by atoms with Gasteiger partial charge in [0, 0.05) is 39.6 Å². The maximum absolute atomic E-state index is 14.4. The third-order valence-corrected chi connectivity index (χ3v) is 7.32. The fraction of sp³-hybridized carbons (Fsp3) is 0.357. The monoisotopic (exact) mass is 557 g/mol. The van der Waals surface area contributed by atoms with Crippen LogP contribution in [-0.4, -0.2) is 44.8 Å². The van der Waals surface area contributed by atoms with Crippen LogP contribution in [0.2, 0.25) is 10.0 Å². The Kier molecular flexibility index (Phi) is 6.87. The third-order valence-electron chi connectivity index (χ3n) is 6.60. The molecular weight excluding hydrogens is 529 g/mol. The Labute approximate surface area is 230 Å². The van der Waals surface area contributed by atoms with Gasteiger partial charge in [-0.1, -0.05) is 62.2 Å². The molecule has 1 aliphatic rings. The first kappa shape index (κ1) is 27.7. The summed E-state index contributed by atoms with van der Waals surface area (Å²) >= 11 is 12.5. The Morgan fingerprint density at radius 1 is 1.05 bits per heavy atom. The summed E-state index contributed by atoms with van der Waals surface area (Å²) in [6.45, 7) is 10.4. The molecule has 1 aliphatic heterocycles. The summed E-state index contributed by atoms with van der Waals surface area (Å²) in [5.41, 5.74) is 0.425. The number of aryl methyl sites for hydroxylation is 2. The lowest BCUT2D eigenvalue weighted by Crippen LogP contribution is -2.53. The molecule has 2 heterocycles. The number of nitrogens with one attached hydrogen (secondary N) is 1. The second-order valence-electron chi connectivity index (χ2n) is 10.9. The number of ether oxygens (including phenoxy) is 1. The second kappa shape index (κ2) is 9.43. The summed E-state index contributed by atoms with van der Waals surface area (Å²) < 4.78 is 7.14. The zero-order chi connectivity index (χ0) is 28.3. The summed E-state index contributed by atoms with van der Waals surface area (Å²) in [5.74, 6) is -2.42. The van der Waals surface area contributed by atoms with Gasteiger partial charge >= 0.3 is 6.09 Å². The average molecular weight is 558 g/mol. The molecule has 3 amide bonds. The molecule has 0 bridgehead atoms. The average Bonchev–Trinajstić information content (AvgIpc) is 3.22. The van der Waals surface area contributed by atoms with Crippen LogP contribution >= 0.6 is 23.2 Å². The molecule has 10 heteroatoms. The van der Waals surface area contributed by atoms with Gasteiger partial charge in [0.25, 0.3) is 11.8 Å². The molecule has 0 spiro atoms. The van der Waals surface area contributed by atoms with Gasteiger partial charge in [-0.15, -0.1) is 0 Å². The van der Waals surface area contributed by atoms with Crippen molar-refractivity contribution in [3.63, 3.8) is 0 Å². The zero-order valence-electron chi connectivity index (χ0n) is 22.2. The van der Waals surface area contributed by atoms with Crippen LogP contribution in [0.4, 0.5) is 10.5 Å². The third kappa shape index (κ3) is 4.56. The van der Waals surface area contributed by atoms with Crippen LogP contribution in [0.3, 0.4) is 0 Å². The molecular formula is C28H29Cl2N3O5. The fourth-order valence-corrected chi connectivity index (χ4v) is 5.30. The number of anilines is 1. The standard InChI is InChI=1S/C28H29Cl2N3O5/c1-14-12-18(17(30)13-16(14)29)31-24(35)21(33-25(36)28(5,6)38-26(33)37)22(34)20-15-10-8-9-11-19(15)32(7)23(20)27(2,3)4/h8-13,21H,1-7H3,(H,31,35). The van der Waals surface area contributed by atoms with E-state index in [-0.39, 0.29) is 16.3 Å². The van der Waals surface area contributed by atoms with E-state index in [0.717, 1.165) is 5.52 Å². The van der Waals surface area contributed by atoms with E-state index in [1.165, 1.54) is 19.9 Å². The number of cyclic esters (lactones) is 1. The molecule has 1 saturated heterocycles. The number of nitrogens with zero attached hydrogens (tertiary/aromatic N) is 2. The van der Waals surface area contributed by atoms with Gasteiger partial charge in [-0.05, 0) is 44.5 Å². The van der Waals surface area contributed by atoms with E-state index >= 15 is 0 Å². The largest absolute Gasteiger partial charge is 0.433 e. The van der Waals surface area contributed by atoms with Gasteiger partial charge in [0.1, 0.15) is 0 Å². The first-order valence-corrected chi connectivity index (χ1v) is 12.8. The van der Waals surface area contributed by atoms with Crippen molar-refractivity contribution in [2.24, 2.45) is 7.05 Å². The van der Waals surface area contributed by atoms with E-state index in [1.807, 2.05) is 44.5 Å². The Morgan fingerprint density at radius 2 is 1.68 bits per heavy atom. The molecule has 1 fully saturated rings. The van der Waals surface area contributed by atoms with Crippen molar-refractivity contribution in [1.29, 1.82) is 0 Å². The number of aromatic nitrogens is 1. The molecule has 2 aromatic carbocycles. The minimum atomic E-state index is -1.85. The fourth-order valence-electron chi connectivity index (χ4n) is 4.87. The topological polar surface area (TPSA) is 97.7 Å². The maximum Gasteiger partial charge on any atom is 0.418 e. The zero-order valence-corrected chi connectivity index (χ0v) is 23.7. The summed E-state index contributed by atoms with van der Waals surface area (Å²) in [5, 5.41) is 3.76. The van der Waals surface area contributed by atoms with Crippen LogP contribution in [0.5, 0.6) is 0 Å². The molecule has 8 nitrogen and oxygen atoms in total. The van der Waals surface area contributed by atoms with E-state index < -0.39 is 40.7 Å². The first-order valence-electron chi connectivity index (χ1n) is 12.0. The smallest absolute Gasteiger partial charge is 0.418 e. The number of imide groups is 1. The maximum atomic E-state index is 14.4. The van der Waals surface area contributed by atoms with Crippen molar-refractivity contribution < 1.29 is 23.9 Å². The number of ketones is 1. The normalized spacial score (nSPS) is 16.1. The van der Waals surface area contributed by atoms with E-state index in [2.05, 4.69) is 5.32 Å². The summed E-state index contributed by atoms with van der Waals surface area (Å²) in [6, 6.07) is 8.45. The molecule has 0 saturated carbocycles. The predicted molar refractivity (Wildman–Crippen MR) is 147 cm³/mol. The van der Waals surface area contributed by atoms with Gasteiger partial charge in [0.05, 0.1) is 10.7 Å². The Balaban J connectivity index is 1.92. The molecule has 200 valence electrons. The number of benzene rings is 2. The van der Waals surface area contributed by atoms with Crippen LogP contribution in [0.15, 0.2) is 36.4 Å². The van der Waals surface area contributed by atoms with Crippen molar-refractivity contribution in [2.75, 3.05) is 5.32 Å². The van der Waals surface area contributed by atoms with E-state index in [4.69, 9.17) is 27.9 Å². The molecule has 1 N–H and O–H groups in total. The minimum absolute atomic E-state index is 0.136. The number of carbonyl (C=O) groups is 4. The number of carbonyl (C=O) groups excluding carboxylic acids is 4. The highest BCUT2D eigenvalue weighted by Crippen LogP contribution is 2.37. The summed E-state index contributed by atoms with van der Waals surface area (Å²) in [6.07, 6.45) is -1.08. The Hall–Kier alpha value is -3.36. The molecule has 3 aromatic rings. The quantitative estimate of drug-likeness (QED) is 0.304. The van der Waals surface area contributed by atoms with Crippen LogP contribution < -0.4 is 5.32 Å². The minimum Gasteiger partial charge on any atom is -0.433 e. The second-order valence-corrected chi connectivity index (χ2v) is 11.8. The van der Waals surface area contributed by atoms with Crippen LogP contribution in [0.25, 0.3) is 10.9 Å². The molecule has 38 heavy (non-hydrogen) atoms. The number of Topliss-reactive ketones (excluding diaryl/α,β-unsaturated/α-hetero) is 1. The van der Waals surface area contributed by atoms with E-state index in [1.54, 1.807) is 25.1 Å². The van der Waals surface area contributed by atoms with Crippen molar-refractivity contribution in [1.82, 2.24) is 9.47 Å². The molecule has 4 rings (SSSR count). The van der Waals surface area contributed by atoms with Gasteiger partial charge in [-0.2, -0.15) is 0 Å². The highest BCUT2D eigenvalue weighted by molar-refractivity contribution is 6.37. The molecule has 0 aliphatic carbocycles. The molecule has 0 radical (unpaired) electrons. The van der Waals surface area contributed by atoms with Crippen LogP contribution in [-0.2, 0) is 26.8 Å². The number of hydrogen-bond acceptors (Lipinski definition) is 5. The lowest BCUT2D eigenvalue weighted by molar-refractivity contribution is -0.137. The van der Waals surface area contributed by atoms with Gasteiger partial charge in [-0.25, -0.2) is 9.69 Å². The predicted octanol–water partition coefficient (Wildman–Crippen LogP) is 6.04. The highest BCUT2D eigenvalue weighted by atomic mass is 35.5. The number of amides is 3. The lowest BCUT2D eigenvalue weighted by atomic mass is 9.85. The summed E-state index contributed by atoms with van der Waals surface area (Å²) in [4.78, 5) is 55.1. The van der Waals surface area contributed by atoms with E-state index in [0.29, 0.717) is 26.6 Å². The van der Waals surface area contributed by atoms with Gasteiger partial charge in [0.15, 0.2) is 17.4 Å². The van der Waals surface area contributed by atoms with Gasteiger partial charge < -0.3 is 14.6 Å². The molecule has 1 atom stereocenters. The lowest BCUT2D eigenvalue weighted by Gasteiger charge is -2.26.